The van der Waals surface area contributed by atoms with Gasteiger partial charge in [-0.25, -0.2) is 0 Å². The number of carbonyl (C=O) groups is 2. The molecule has 19 heavy (non-hydrogen) atoms. The van der Waals surface area contributed by atoms with Gasteiger partial charge in [0.1, 0.15) is 6.04 Å². The van der Waals surface area contributed by atoms with Crippen molar-refractivity contribution in [1.82, 2.24) is 9.80 Å². The molecule has 2 saturated heterocycles. The first-order valence-corrected chi connectivity index (χ1v) is 7.31. The third kappa shape index (κ3) is 2.91. The van der Waals surface area contributed by atoms with Crippen LogP contribution in [0.5, 0.6) is 0 Å². The van der Waals surface area contributed by atoms with E-state index >= 15 is 0 Å². The minimum atomic E-state index is -0.545. The Morgan fingerprint density at radius 3 is 2.79 bits per heavy atom. The van der Waals surface area contributed by atoms with Crippen LogP contribution in [-0.4, -0.2) is 58.5 Å². The monoisotopic (exact) mass is 268 g/mol. The summed E-state index contributed by atoms with van der Waals surface area (Å²) in [6.45, 7) is 5.09. The summed E-state index contributed by atoms with van der Waals surface area (Å²) in [6.07, 6.45) is 3.08. The van der Waals surface area contributed by atoms with E-state index in [9.17, 15) is 14.7 Å². The molecule has 0 saturated carbocycles. The number of nitrogens with zero attached hydrogens (tertiary/aromatic N) is 2. The maximum absolute atomic E-state index is 12.4. The van der Waals surface area contributed by atoms with Crippen molar-refractivity contribution < 1.29 is 14.7 Å². The lowest BCUT2D eigenvalue weighted by atomic mass is 9.96. The molecule has 2 heterocycles. The van der Waals surface area contributed by atoms with E-state index in [-0.39, 0.29) is 36.9 Å². The average molecular weight is 268 g/mol. The van der Waals surface area contributed by atoms with Crippen molar-refractivity contribution in [2.24, 2.45) is 5.92 Å². The number of β-amino-alcohol motifs (C(OH)–C–C–N with tert-alkyl or cyclic N) is 1. The Hall–Kier alpha value is -1.10. The van der Waals surface area contributed by atoms with E-state index in [1.807, 2.05) is 13.8 Å². The van der Waals surface area contributed by atoms with Gasteiger partial charge in [-0.05, 0) is 25.2 Å². The first-order chi connectivity index (χ1) is 9.04. The van der Waals surface area contributed by atoms with Crippen molar-refractivity contribution in [3.63, 3.8) is 0 Å². The number of amides is 2. The SMILES string of the molecule is CCC(C)C(O)CN1CC(=O)N2CCCCC2C1=O. The fraction of sp³-hybridized carbons (Fsp3) is 0.857. The number of piperidine rings is 1. The van der Waals surface area contributed by atoms with Crippen molar-refractivity contribution in [2.75, 3.05) is 19.6 Å². The van der Waals surface area contributed by atoms with Crippen LogP contribution in [-0.2, 0) is 9.59 Å². The van der Waals surface area contributed by atoms with E-state index < -0.39 is 6.10 Å². The van der Waals surface area contributed by atoms with Crippen molar-refractivity contribution in [3.05, 3.63) is 0 Å². The lowest BCUT2D eigenvalue weighted by Crippen LogP contribution is -2.62. The van der Waals surface area contributed by atoms with Gasteiger partial charge in [0.2, 0.25) is 11.8 Å². The number of carbonyl (C=O) groups excluding carboxylic acids is 2. The highest BCUT2D eigenvalue weighted by atomic mass is 16.3. The molecule has 0 bridgehead atoms. The smallest absolute Gasteiger partial charge is 0.245 e. The number of fused-ring (bicyclic) bond motifs is 1. The van der Waals surface area contributed by atoms with Gasteiger partial charge in [0.05, 0.1) is 12.6 Å². The first-order valence-electron chi connectivity index (χ1n) is 7.31. The van der Waals surface area contributed by atoms with Crippen LogP contribution >= 0.6 is 0 Å². The number of rotatable bonds is 4. The third-order valence-corrected chi connectivity index (χ3v) is 4.45. The fourth-order valence-corrected chi connectivity index (χ4v) is 2.86. The summed E-state index contributed by atoms with van der Waals surface area (Å²) in [5, 5.41) is 10.1. The normalized spacial score (nSPS) is 27.2. The standard InChI is InChI=1S/C14H24N2O3/c1-3-10(2)12(17)8-15-9-13(18)16-7-5-4-6-11(16)14(15)19/h10-12,17H,3-9H2,1-2H3. The summed E-state index contributed by atoms with van der Waals surface area (Å²) >= 11 is 0. The van der Waals surface area contributed by atoms with Crippen LogP contribution in [0.2, 0.25) is 0 Å². The molecule has 0 aromatic carbocycles. The molecule has 2 amide bonds. The van der Waals surface area contributed by atoms with Crippen molar-refractivity contribution in [2.45, 2.75) is 51.7 Å². The first kappa shape index (κ1) is 14.3. The zero-order valence-electron chi connectivity index (χ0n) is 11.8. The van der Waals surface area contributed by atoms with Gasteiger partial charge in [-0.15, -0.1) is 0 Å². The number of hydrogen-bond acceptors (Lipinski definition) is 3. The number of hydrogen-bond donors (Lipinski definition) is 1. The second-order valence-corrected chi connectivity index (χ2v) is 5.77. The second kappa shape index (κ2) is 5.90. The molecule has 2 rings (SSSR count). The van der Waals surface area contributed by atoms with Gasteiger partial charge in [0.25, 0.3) is 0 Å². The average Bonchev–Trinajstić information content (AvgIpc) is 2.43. The molecule has 2 aliphatic heterocycles. The molecule has 0 spiro atoms. The summed E-state index contributed by atoms with van der Waals surface area (Å²) in [7, 11) is 0. The Labute approximate surface area is 114 Å². The summed E-state index contributed by atoms with van der Waals surface area (Å²) in [5.74, 6) is 0.189. The molecule has 0 aromatic rings. The summed E-state index contributed by atoms with van der Waals surface area (Å²) in [6, 6.07) is -0.279. The van der Waals surface area contributed by atoms with Gasteiger partial charge in [-0.1, -0.05) is 20.3 Å². The van der Waals surface area contributed by atoms with E-state index in [1.165, 1.54) is 0 Å². The van der Waals surface area contributed by atoms with Crippen molar-refractivity contribution in [3.8, 4) is 0 Å². The van der Waals surface area contributed by atoms with E-state index in [4.69, 9.17) is 0 Å². The topological polar surface area (TPSA) is 60.9 Å². The molecule has 3 unspecified atom stereocenters. The van der Waals surface area contributed by atoms with Gasteiger partial charge in [-0.3, -0.25) is 9.59 Å². The Bertz CT molecular complexity index is 359. The fourth-order valence-electron chi connectivity index (χ4n) is 2.86. The highest BCUT2D eigenvalue weighted by Crippen LogP contribution is 2.23. The molecule has 2 fully saturated rings. The summed E-state index contributed by atoms with van der Waals surface area (Å²) < 4.78 is 0. The van der Waals surface area contributed by atoms with E-state index in [0.717, 1.165) is 25.7 Å². The van der Waals surface area contributed by atoms with Crippen molar-refractivity contribution in [1.29, 1.82) is 0 Å². The molecule has 5 nitrogen and oxygen atoms in total. The molecule has 2 aliphatic rings. The van der Waals surface area contributed by atoms with Gasteiger partial charge >= 0.3 is 0 Å². The minimum absolute atomic E-state index is 0.0154. The van der Waals surface area contributed by atoms with Gasteiger partial charge in [0, 0.05) is 13.1 Å². The molecule has 0 radical (unpaired) electrons. The second-order valence-electron chi connectivity index (χ2n) is 5.77. The lowest BCUT2D eigenvalue weighted by Gasteiger charge is -2.43. The van der Waals surface area contributed by atoms with Gasteiger partial charge in [-0.2, -0.15) is 0 Å². The van der Waals surface area contributed by atoms with Crippen LogP contribution in [0.4, 0.5) is 0 Å². The van der Waals surface area contributed by atoms with Crippen LogP contribution in [0.15, 0.2) is 0 Å². The predicted molar refractivity (Wildman–Crippen MR) is 71.4 cm³/mol. The Kier molecular flexibility index (Phi) is 4.45. The Morgan fingerprint density at radius 2 is 2.11 bits per heavy atom. The maximum atomic E-state index is 12.4. The molecule has 0 aromatic heterocycles. The molecular weight excluding hydrogens is 244 g/mol. The van der Waals surface area contributed by atoms with E-state index in [0.29, 0.717) is 6.54 Å². The van der Waals surface area contributed by atoms with E-state index in [1.54, 1.807) is 9.80 Å². The zero-order chi connectivity index (χ0) is 14.0. The number of aliphatic hydroxyl groups is 1. The molecular formula is C14H24N2O3. The maximum Gasteiger partial charge on any atom is 0.245 e. The Balaban J connectivity index is 2.02. The number of piperazine rings is 1. The molecule has 0 aliphatic carbocycles. The van der Waals surface area contributed by atoms with Gasteiger partial charge < -0.3 is 14.9 Å². The van der Waals surface area contributed by atoms with Crippen LogP contribution in [0, 0.1) is 5.92 Å². The largest absolute Gasteiger partial charge is 0.391 e. The van der Waals surface area contributed by atoms with Crippen LogP contribution in [0.1, 0.15) is 39.5 Å². The minimum Gasteiger partial charge on any atom is -0.391 e. The van der Waals surface area contributed by atoms with Crippen molar-refractivity contribution >= 4 is 11.8 Å². The van der Waals surface area contributed by atoms with Crippen LogP contribution < -0.4 is 0 Å². The molecule has 3 atom stereocenters. The number of aliphatic hydroxyl groups excluding tert-OH is 1. The predicted octanol–water partition coefficient (Wildman–Crippen LogP) is 0.617. The zero-order valence-corrected chi connectivity index (χ0v) is 11.8. The summed E-state index contributed by atoms with van der Waals surface area (Å²) in [4.78, 5) is 27.7. The quantitative estimate of drug-likeness (QED) is 0.813. The molecule has 1 N–H and O–H groups in total. The lowest BCUT2D eigenvalue weighted by molar-refractivity contribution is -0.159. The van der Waals surface area contributed by atoms with Crippen LogP contribution in [0.25, 0.3) is 0 Å². The van der Waals surface area contributed by atoms with E-state index in [2.05, 4.69) is 0 Å². The highest BCUT2D eigenvalue weighted by molar-refractivity contribution is 5.95. The Morgan fingerprint density at radius 1 is 1.37 bits per heavy atom. The third-order valence-electron chi connectivity index (χ3n) is 4.45. The molecule has 108 valence electrons. The molecule has 5 heteroatoms. The highest BCUT2D eigenvalue weighted by Gasteiger charge is 2.40. The van der Waals surface area contributed by atoms with Crippen LogP contribution in [0.3, 0.4) is 0 Å². The summed E-state index contributed by atoms with van der Waals surface area (Å²) in [5.41, 5.74) is 0. The van der Waals surface area contributed by atoms with Gasteiger partial charge in [0.15, 0.2) is 0 Å².